The van der Waals surface area contributed by atoms with Crippen LogP contribution in [0, 0.1) is 20.8 Å². The van der Waals surface area contributed by atoms with Crippen molar-refractivity contribution in [1.82, 2.24) is 14.4 Å². The van der Waals surface area contributed by atoms with Crippen LogP contribution in [-0.2, 0) is 6.54 Å². The molecule has 1 fully saturated rings. The van der Waals surface area contributed by atoms with Gasteiger partial charge in [-0.3, -0.25) is 4.79 Å². The van der Waals surface area contributed by atoms with Gasteiger partial charge in [0.15, 0.2) is 0 Å². The second-order valence-electron chi connectivity index (χ2n) is 8.12. The summed E-state index contributed by atoms with van der Waals surface area (Å²) in [6.07, 6.45) is 0. The van der Waals surface area contributed by atoms with Crippen molar-refractivity contribution in [2.45, 2.75) is 27.3 Å². The zero-order chi connectivity index (χ0) is 22.8. The molecule has 1 saturated heterocycles. The predicted molar refractivity (Wildman–Crippen MR) is 130 cm³/mol. The zero-order valence-electron chi connectivity index (χ0n) is 18.5. The largest absolute Gasteiger partial charge is 0.343 e. The number of amides is 3. The van der Waals surface area contributed by atoms with E-state index in [4.69, 9.17) is 11.6 Å². The van der Waals surface area contributed by atoms with Crippen molar-refractivity contribution in [2.75, 3.05) is 31.5 Å². The van der Waals surface area contributed by atoms with Crippen molar-refractivity contribution >= 4 is 40.6 Å². The Morgan fingerprint density at radius 2 is 1.75 bits per heavy atom. The number of piperazine rings is 1. The number of carbonyl (C=O) groups excluding carboxylic acids is 2. The molecule has 3 amide bonds. The van der Waals surface area contributed by atoms with Gasteiger partial charge in [0.2, 0.25) is 0 Å². The number of benzene rings is 1. The maximum absolute atomic E-state index is 13.2. The van der Waals surface area contributed by atoms with Gasteiger partial charge in [-0.15, -0.1) is 11.3 Å². The fraction of sp³-hybridized carbons (Fsp3) is 0.333. The maximum Gasteiger partial charge on any atom is 0.321 e. The van der Waals surface area contributed by atoms with Gasteiger partial charge in [-0.1, -0.05) is 23.7 Å². The average Bonchev–Trinajstić information content (AvgIpc) is 3.40. The van der Waals surface area contributed by atoms with Crippen LogP contribution in [0.15, 0.2) is 41.8 Å². The first-order valence-electron chi connectivity index (χ1n) is 10.6. The summed E-state index contributed by atoms with van der Waals surface area (Å²) in [7, 11) is 0. The number of halogens is 1. The number of anilines is 1. The lowest BCUT2D eigenvalue weighted by Gasteiger charge is -2.34. The number of urea groups is 1. The zero-order valence-corrected chi connectivity index (χ0v) is 20.1. The quantitative estimate of drug-likeness (QED) is 0.572. The van der Waals surface area contributed by atoms with Gasteiger partial charge >= 0.3 is 6.03 Å². The number of hydrogen-bond acceptors (Lipinski definition) is 3. The Bertz CT molecular complexity index is 1130. The molecule has 0 spiro atoms. The third-order valence-electron chi connectivity index (χ3n) is 5.98. The Balaban J connectivity index is 1.37. The summed E-state index contributed by atoms with van der Waals surface area (Å²) < 4.78 is 2.19. The number of nitrogens with one attached hydrogen (secondary N) is 1. The molecule has 8 heteroatoms. The predicted octanol–water partition coefficient (Wildman–Crippen LogP) is 5.17. The molecule has 168 valence electrons. The Morgan fingerprint density at radius 3 is 2.41 bits per heavy atom. The second-order valence-corrected chi connectivity index (χ2v) is 9.56. The highest BCUT2D eigenvalue weighted by Gasteiger charge is 2.27. The highest BCUT2D eigenvalue weighted by Crippen LogP contribution is 2.22. The molecular weight excluding hydrogens is 444 g/mol. The molecule has 1 aliphatic heterocycles. The third kappa shape index (κ3) is 4.69. The number of rotatable bonds is 4. The maximum atomic E-state index is 13.2. The minimum absolute atomic E-state index is 0.0286. The molecule has 1 N–H and O–H groups in total. The van der Waals surface area contributed by atoms with Gasteiger partial charge in [-0.25, -0.2) is 4.79 Å². The Labute approximate surface area is 197 Å². The Morgan fingerprint density at radius 1 is 1.03 bits per heavy atom. The number of hydrogen-bond donors (Lipinski definition) is 1. The summed E-state index contributed by atoms with van der Waals surface area (Å²) in [6, 6.07) is 11.4. The summed E-state index contributed by atoms with van der Waals surface area (Å²) in [6.45, 7) is 8.74. The molecule has 0 radical (unpaired) electrons. The van der Waals surface area contributed by atoms with Crippen molar-refractivity contribution in [3.8, 4) is 0 Å². The highest BCUT2D eigenvalue weighted by atomic mass is 35.5. The van der Waals surface area contributed by atoms with Crippen molar-refractivity contribution < 1.29 is 9.59 Å². The Hall–Kier alpha value is -2.77. The van der Waals surface area contributed by atoms with Crippen LogP contribution in [0.25, 0.3) is 0 Å². The van der Waals surface area contributed by atoms with Crippen molar-refractivity contribution in [3.05, 3.63) is 74.2 Å². The molecule has 1 aromatic carbocycles. The van der Waals surface area contributed by atoms with E-state index in [9.17, 15) is 9.59 Å². The molecule has 3 heterocycles. The molecule has 3 aromatic rings. The van der Waals surface area contributed by atoms with Crippen LogP contribution in [0.5, 0.6) is 0 Å². The first kappa shape index (κ1) is 22.4. The molecular formula is C24H27ClN4O2S. The third-order valence-corrected chi connectivity index (χ3v) is 7.24. The van der Waals surface area contributed by atoms with Crippen LogP contribution in [0.1, 0.15) is 32.2 Å². The summed E-state index contributed by atoms with van der Waals surface area (Å²) in [5, 5.41) is 5.58. The standard InChI is InChI=1S/C24H27ClN4O2S/c1-16-6-7-19(14-22(16)25)26-24(31)28-10-8-27(9-11-28)23(30)21-13-17(2)29(18(21)3)15-20-5-4-12-32-20/h4-7,12-14H,8-11,15H2,1-3H3,(H,26,31). The van der Waals surface area contributed by atoms with Crippen LogP contribution in [0.4, 0.5) is 10.5 Å². The summed E-state index contributed by atoms with van der Waals surface area (Å²) in [4.78, 5) is 30.7. The van der Waals surface area contributed by atoms with Crippen LogP contribution in [0.2, 0.25) is 5.02 Å². The van der Waals surface area contributed by atoms with E-state index in [1.165, 1.54) is 4.88 Å². The van der Waals surface area contributed by atoms with Gasteiger partial charge in [-0.2, -0.15) is 0 Å². The second kappa shape index (κ2) is 9.38. The van der Waals surface area contributed by atoms with E-state index in [-0.39, 0.29) is 11.9 Å². The lowest BCUT2D eigenvalue weighted by atomic mass is 10.2. The average molecular weight is 471 g/mol. The summed E-state index contributed by atoms with van der Waals surface area (Å²) in [5.74, 6) is 0.0286. The minimum Gasteiger partial charge on any atom is -0.343 e. The van der Waals surface area contributed by atoms with Gasteiger partial charge in [0.1, 0.15) is 0 Å². The van der Waals surface area contributed by atoms with Gasteiger partial charge in [0.05, 0.1) is 12.1 Å². The highest BCUT2D eigenvalue weighted by molar-refractivity contribution is 7.09. The summed E-state index contributed by atoms with van der Waals surface area (Å²) in [5.41, 5.74) is 4.44. The van der Waals surface area contributed by atoms with Crippen LogP contribution in [-0.4, -0.2) is 52.5 Å². The first-order valence-corrected chi connectivity index (χ1v) is 11.9. The molecule has 4 rings (SSSR count). The summed E-state index contributed by atoms with van der Waals surface area (Å²) >= 11 is 7.87. The SMILES string of the molecule is Cc1ccc(NC(=O)N2CCN(C(=O)c3cc(C)n(Cc4cccs4)c3C)CC2)cc1Cl. The molecule has 6 nitrogen and oxygen atoms in total. The number of aromatic nitrogens is 1. The Kier molecular flexibility index (Phi) is 6.58. The van der Waals surface area contributed by atoms with Crippen molar-refractivity contribution in [3.63, 3.8) is 0 Å². The number of thiophene rings is 1. The lowest BCUT2D eigenvalue weighted by molar-refractivity contribution is 0.0671. The number of aryl methyl sites for hydroxylation is 2. The van der Waals surface area contributed by atoms with E-state index in [1.54, 1.807) is 22.3 Å². The fourth-order valence-electron chi connectivity index (χ4n) is 3.98. The lowest BCUT2D eigenvalue weighted by Crippen LogP contribution is -2.51. The number of carbonyl (C=O) groups is 2. The number of nitrogens with zero attached hydrogens (tertiary/aromatic N) is 3. The minimum atomic E-state index is -0.175. The molecule has 0 bridgehead atoms. The monoisotopic (exact) mass is 470 g/mol. The van der Waals surface area contributed by atoms with Gasteiger partial charge in [0, 0.05) is 53.2 Å². The molecule has 1 aliphatic rings. The molecule has 32 heavy (non-hydrogen) atoms. The van der Waals surface area contributed by atoms with Crippen molar-refractivity contribution in [1.29, 1.82) is 0 Å². The topological polar surface area (TPSA) is 57.6 Å². The molecule has 0 atom stereocenters. The van der Waals surface area contributed by atoms with E-state index >= 15 is 0 Å². The van der Waals surface area contributed by atoms with E-state index in [1.807, 2.05) is 49.9 Å². The van der Waals surface area contributed by atoms with E-state index in [0.29, 0.717) is 36.9 Å². The van der Waals surface area contributed by atoms with Gasteiger partial charge in [0.25, 0.3) is 5.91 Å². The van der Waals surface area contributed by atoms with Crippen LogP contribution in [0.3, 0.4) is 0 Å². The van der Waals surface area contributed by atoms with E-state index in [0.717, 1.165) is 29.1 Å². The smallest absolute Gasteiger partial charge is 0.321 e. The first-order chi connectivity index (χ1) is 15.3. The van der Waals surface area contributed by atoms with Crippen LogP contribution < -0.4 is 5.32 Å². The van der Waals surface area contributed by atoms with E-state index < -0.39 is 0 Å². The molecule has 2 aromatic heterocycles. The van der Waals surface area contributed by atoms with E-state index in [2.05, 4.69) is 21.3 Å². The molecule has 0 unspecified atom stereocenters. The molecule has 0 aliphatic carbocycles. The normalized spacial score (nSPS) is 14.0. The van der Waals surface area contributed by atoms with Gasteiger partial charge in [-0.05, 0) is 56.0 Å². The molecule has 0 saturated carbocycles. The van der Waals surface area contributed by atoms with Crippen LogP contribution >= 0.6 is 22.9 Å². The fourth-order valence-corrected chi connectivity index (χ4v) is 4.85. The van der Waals surface area contributed by atoms with Gasteiger partial charge < -0.3 is 19.7 Å². The van der Waals surface area contributed by atoms with Crippen molar-refractivity contribution in [2.24, 2.45) is 0 Å².